The van der Waals surface area contributed by atoms with Gasteiger partial charge >= 0.3 is 0 Å². The minimum atomic E-state index is 0.0717. The highest BCUT2D eigenvalue weighted by Gasteiger charge is 2.27. The average Bonchev–Trinajstić information content (AvgIpc) is 3.05. The van der Waals surface area contributed by atoms with Crippen LogP contribution in [0, 0.1) is 11.8 Å². The number of nitrogens with zero attached hydrogens (tertiary/aromatic N) is 2. The van der Waals surface area contributed by atoms with E-state index in [0.717, 1.165) is 33.8 Å². The largest absolute Gasteiger partial charge is 0.457 e. The number of rotatable bonds is 5. The lowest BCUT2D eigenvalue weighted by Crippen LogP contribution is -2.23. The summed E-state index contributed by atoms with van der Waals surface area (Å²) in [7, 11) is 3.99. The van der Waals surface area contributed by atoms with E-state index in [-0.39, 0.29) is 5.91 Å². The predicted molar refractivity (Wildman–Crippen MR) is 118 cm³/mol. The van der Waals surface area contributed by atoms with E-state index >= 15 is 0 Å². The molecule has 150 valence electrons. The highest BCUT2D eigenvalue weighted by Crippen LogP contribution is 2.26. The van der Waals surface area contributed by atoms with Gasteiger partial charge in [-0.15, -0.1) is 0 Å². The molecule has 30 heavy (non-hydrogen) atoms. The maximum absolute atomic E-state index is 12.8. The quantitative estimate of drug-likeness (QED) is 0.593. The van der Waals surface area contributed by atoms with Gasteiger partial charge in [0.1, 0.15) is 11.5 Å². The molecule has 0 saturated carbocycles. The molecule has 1 amide bonds. The fourth-order valence-electron chi connectivity index (χ4n) is 3.39. The second-order valence-electron chi connectivity index (χ2n) is 7.63. The van der Waals surface area contributed by atoms with Crippen molar-refractivity contribution in [3.05, 3.63) is 95.1 Å². The van der Waals surface area contributed by atoms with Crippen molar-refractivity contribution in [2.75, 3.05) is 20.6 Å². The third-order valence-corrected chi connectivity index (χ3v) is 4.89. The van der Waals surface area contributed by atoms with E-state index in [9.17, 15) is 4.79 Å². The molecule has 0 bridgehead atoms. The smallest absolute Gasteiger partial charge is 0.254 e. The van der Waals surface area contributed by atoms with Crippen LogP contribution in [0.3, 0.4) is 0 Å². The number of carbonyl (C=O) groups excluding carboxylic acids is 1. The van der Waals surface area contributed by atoms with Crippen LogP contribution in [-0.4, -0.2) is 36.3 Å². The summed E-state index contributed by atoms with van der Waals surface area (Å²) in [4.78, 5) is 16.7. The third kappa shape index (κ3) is 4.71. The summed E-state index contributed by atoms with van der Waals surface area (Å²) in [6, 6.07) is 23.4. The van der Waals surface area contributed by atoms with E-state index in [1.54, 1.807) is 0 Å². The van der Waals surface area contributed by atoms with Crippen LogP contribution in [0.4, 0.5) is 0 Å². The number of amides is 1. The molecule has 0 saturated heterocycles. The molecule has 0 atom stereocenters. The first kappa shape index (κ1) is 19.8. The molecule has 0 fully saturated rings. The zero-order valence-corrected chi connectivity index (χ0v) is 17.3. The number of benzene rings is 3. The Labute approximate surface area is 177 Å². The average molecular weight is 396 g/mol. The molecule has 4 rings (SSSR count). The first-order valence-corrected chi connectivity index (χ1v) is 9.96. The Hall–Kier alpha value is -3.55. The normalized spacial score (nSPS) is 12.5. The van der Waals surface area contributed by atoms with Crippen LogP contribution in [0.15, 0.2) is 72.8 Å². The molecular weight excluding hydrogens is 372 g/mol. The summed E-state index contributed by atoms with van der Waals surface area (Å²) in [5, 5.41) is 0. The van der Waals surface area contributed by atoms with Gasteiger partial charge in [0, 0.05) is 24.2 Å². The Kier molecular flexibility index (Phi) is 5.83. The first-order chi connectivity index (χ1) is 14.6. The standard InChI is InChI=1S/C26H24N2O2/c1-27(2)16-6-7-20-12-15-25-22(17-20)19-28(26(25)29)18-21-10-13-24(14-11-21)30-23-8-4-3-5-9-23/h3-5,8-15,17H,16,18-19H2,1-2H3. The second kappa shape index (κ2) is 8.86. The van der Waals surface area contributed by atoms with Gasteiger partial charge in [-0.25, -0.2) is 0 Å². The van der Waals surface area contributed by atoms with Crippen molar-refractivity contribution >= 4 is 5.91 Å². The molecule has 1 heterocycles. The first-order valence-electron chi connectivity index (χ1n) is 9.96. The monoisotopic (exact) mass is 396 g/mol. The van der Waals surface area contributed by atoms with Gasteiger partial charge in [0.25, 0.3) is 5.91 Å². The van der Waals surface area contributed by atoms with Gasteiger partial charge in [0.2, 0.25) is 0 Å². The summed E-state index contributed by atoms with van der Waals surface area (Å²) >= 11 is 0. The van der Waals surface area contributed by atoms with Crippen LogP contribution < -0.4 is 4.74 Å². The fraction of sp³-hybridized carbons (Fsp3) is 0.192. The minimum Gasteiger partial charge on any atom is -0.457 e. The second-order valence-corrected chi connectivity index (χ2v) is 7.63. The summed E-state index contributed by atoms with van der Waals surface area (Å²) in [5.41, 5.74) is 3.84. The van der Waals surface area contributed by atoms with Gasteiger partial charge in [0.05, 0.1) is 6.54 Å². The molecule has 0 spiro atoms. The number of para-hydroxylation sites is 1. The molecule has 0 aromatic heterocycles. The summed E-state index contributed by atoms with van der Waals surface area (Å²) in [6.07, 6.45) is 0. The Balaban J connectivity index is 1.41. The number of hydrogen-bond donors (Lipinski definition) is 0. The highest BCUT2D eigenvalue weighted by atomic mass is 16.5. The molecule has 4 heteroatoms. The lowest BCUT2D eigenvalue weighted by Gasteiger charge is -2.16. The minimum absolute atomic E-state index is 0.0717. The molecule has 0 radical (unpaired) electrons. The van der Waals surface area contributed by atoms with Gasteiger partial charge in [-0.2, -0.15) is 0 Å². The SMILES string of the molecule is CN(C)CC#Cc1ccc2c(c1)CN(Cc1ccc(Oc3ccccc3)cc1)C2=O. The molecule has 1 aliphatic rings. The van der Waals surface area contributed by atoms with Crippen molar-refractivity contribution in [3.8, 4) is 23.3 Å². The Morgan fingerprint density at radius 2 is 1.70 bits per heavy atom. The highest BCUT2D eigenvalue weighted by molar-refractivity contribution is 5.98. The lowest BCUT2D eigenvalue weighted by atomic mass is 10.1. The van der Waals surface area contributed by atoms with Crippen molar-refractivity contribution in [1.29, 1.82) is 0 Å². The topological polar surface area (TPSA) is 32.8 Å². The van der Waals surface area contributed by atoms with Crippen LogP contribution in [0.1, 0.15) is 27.0 Å². The summed E-state index contributed by atoms with van der Waals surface area (Å²) in [5.74, 6) is 7.98. The van der Waals surface area contributed by atoms with Crippen LogP contribution in [0.2, 0.25) is 0 Å². The van der Waals surface area contributed by atoms with Gasteiger partial charge in [0.15, 0.2) is 0 Å². The van der Waals surface area contributed by atoms with Crippen molar-refractivity contribution in [2.24, 2.45) is 0 Å². The van der Waals surface area contributed by atoms with E-state index in [1.807, 2.05) is 96.7 Å². The van der Waals surface area contributed by atoms with Gasteiger partial charge in [-0.1, -0.05) is 42.2 Å². The Morgan fingerprint density at radius 1 is 0.967 bits per heavy atom. The van der Waals surface area contributed by atoms with Crippen molar-refractivity contribution in [2.45, 2.75) is 13.1 Å². The van der Waals surface area contributed by atoms with Crippen molar-refractivity contribution < 1.29 is 9.53 Å². The molecule has 3 aromatic rings. The van der Waals surface area contributed by atoms with E-state index in [1.165, 1.54) is 0 Å². The molecule has 4 nitrogen and oxygen atoms in total. The van der Waals surface area contributed by atoms with E-state index < -0.39 is 0 Å². The third-order valence-electron chi connectivity index (χ3n) is 4.89. The fourth-order valence-corrected chi connectivity index (χ4v) is 3.39. The van der Waals surface area contributed by atoms with E-state index in [0.29, 0.717) is 19.6 Å². The van der Waals surface area contributed by atoms with Crippen LogP contribution in [-0.2, 0) is 13.1 Å². The molecule has 0 N–H and O–H groups in total. The number of carbonyl (C=O) groups is 1. The lowest BCUT2D eigenvalue weighted by molar-refractivity contribution is 0.0766. The zero-order valence-electron chi connectivity index (χ0n) is 17.3. The Bertz CT molecular complexity index is 1090. The van der Waals surface area contributed by atoms with Gasteiger partial charge in [-0.05, 0) is 67.7 Å². The molecule has 3 aromatic carbocycles. The van der Waals surface area contributed by atoms with Crippen molar-refractivity contribution in [1.82, 2.24) is 9.80 Å². The maximum Gasteiger partial charge on any atom is 0.254 e. The number of fused-ring (bicyclic) bond motifs is 1. The summed E-state index contributed by atoms with van der Waals surface area (Å²) < 4.78 is 5.84. The molecule has 0 unspecified atom stereocenters. The zero-order chi connectivity index (χ0) is 20.9. The van der Waals surface area contributed by atoms with E-state index in [2.05, 4.69) is 11.8 Å². The molecule has 1 aliphatic heterocycles. The predicted octanol–water partition coefficient (Wildman–Crippen LogP) is 4.55. The number of ether oxygens (including phenoxy) is 1. The maximum atomic E-state index is 12.8. The molecular formula is C26H24N2O2. The number of hydrogen-bond acceptors (Lipinski definition) is 3. The van der Waals surface area contributed by atoms with Crippen LogP contribution in [0.25, 0.3) is 0 Å². The molecule has 0 aliphatic carbocycles. The van der Waals surface area contributed by atoms with Crippen LogP contribution in [0.5, 0.6) is 11.5 Å². The Morgan fingerprint density at radius 3 is 2.43 bits per heavy atom. The van der Waals surface area contributed by atoms with Crippen molar-refractivity contribution in [3.63, 3.8) is 0 Å². The van der Waals surface area contributed by atoms with Crippen LogP contribution >= 0.6 is 0 Å². The van der Waals surface area contributed by atoms with E-state index in [4.69, 9.17) is 4.74 Å². The van der Waals surface area contributed by atoms with Gasteiger partial charge in [-0.3, -0.25) is 9.69 Å². The summed E-state index contributed by atoms with van der Waals surface area (Å²) in [6.45, 7) is 1.90. The van der Waals surface area contributed by atoms with Gasteiger partial charge < -0.3 is 9.64 Å².